The molecule has 0 fully saturated rings. The van der Waals surface area contributed by atoms with Gasteiger partial charge in [0, 0.05) is 6.42 Å². The van der Waals surface area contributed by atoms with Gasteiger partial charge in [0.1, 0.15) is 0 Å². The third-order valence-corrected chi connectivity index (χ3v) is 3.84. The second-order valence-electron chi connectivity index (χ2n) is 3.88. The maximum atomic E-state index is 5.56. The van der Waals surface area contributed by atoms with Crippen LogP contribution in [0.5, 0.6) is 0 Å². The summed E-state index contributed by atoms with van der Waals surface area (Å²) in [6.07, 6.45) is 0.872. The monoisotopic (exact) mass is 232 g/mol. The predicted octanol–water partition coefficient (Wildman–Crippen LogP) is 2.93. The first-order valence-electron chi connectivity index (χ1n) is 5.44. The van der Waals surface area contributed by atoms with Gasteiger partial charge in [0.15, 0.2) is 0 Å². The SMILES string of the molecule is Cc1ccccc1-c1sc(CCN)nc1C. The van der Waals surface area contributed by atoms with Crippen LogP contribution in [-0.2, 0) is 6.42 Å². The molecule has 0 unspecified atom stereocenters. The van der Waals surface area contributed by atoms with Crippen molar-refractivity contribution in [1.82, 2.24) is 4.98 Å². The van der Waals surface area contributed by atoms with E-state index >= 15 is 0 Å². The minimum atomic E-state index is 0.667. The first-order valence-corrected chi connectivity index (χ1v) is 6.26. The van der Waals surface area contributed by atoms with Gasteiger partial charge < -0.3 is 5.73 Å². The normalized spacial score (nSPS) is 10.7. The molecule has 0 aliphatic rings. The molecule has 16 heavy (non-hydrogen) atoms. The van der Waals surface area contributed by atoms with Crippen LogP contribution in [0.3, 0.4) is 0 Å². The summed E-state index contributed by atoms with van der Waals surface area (Å²) in [4.78, 5) is 5.84. The van der Waals surface area contributed by atoms with Gasteiger partial charge in [-0.25, -0.2) is 4.98 Å². The molecular formula is C13H16N2S. The van der Waals surface area contributed by atoms with Gasteiger partial charge >= 0.3 is 0 Å². The predicted molar refractivity (Wildman–Crippen MR) is 69.8 cm³/mol. The Balaban J connectivity index is 2.44. The number of aryl methyl sites for hydroxylation is 2. The zero-order valence-corrected chi connectivity index (χ0v) is 10.5. The van der Waals surface area contributed by atoms with Gasteiger partial charge in [0.25, 0.3) is 0 Å². The largest absolute Gasteiger partial charge is 0.330 e. The molecule has 3 heteroatoms. The maximum absolute atomic E-state index is 5.56. The molecule has 84 valence electrons. The lowest BCUT2D eigenvalue weighted by atomic mass is 10.1. The Bertz CT molecular complexity index is 488. The van der Waals surface area contributed by atoms with E-state index in [1.54, 1.807) is 11.3 Å². The van der Waals surface area contributed by atoms with E-state index in [1.165, 1.54) is 16.0 Å². The van der Waals surface area contributed by atoms with Crippen molar-refractivity contribution in [1.29, 1.82) is 0 Å². The highest BCUT2D eigenvalue weighted by Crippen LogP contribution is 2.32. The van der Waals surface area contributed by atoms with Crippen LogP contribution < -0.4 is 5.73 Å². The highest BCUT2D eigenvalue weighted by molar-refractivity contribution is 7.15. The Morgan fingerprint density at radius 3 is 2.69 bits per heavy atom. The second kappa shape index (κ2) is 4.76. The smallest absolute Gasteiger partial charge is 0.0947 e. The molecule has 0 aliphatic heterocycles. The van der Waals surface area contributed by atoms with Gasteiger partial charge in [-0.2, -0.15) is 0 Å². The number of nitrogens with zero attached hydrogens (tertiary/aromatic N) is 1. The van der Waals surface area contributed by atoms with Crippen molar-refractivity contribution in [3.8, 4) is 10.4 Å². The van der Waals surface area contributed by atoms with E-state index in [9.17, 15) is 0 Å². The molecule has 1 aromatic heterocycles. The van der Waals surface area contributed by atoms with Crippen molar-refractivity contribution in [2.75, 3.05) is 6.54 Å². The second-order valence-corrected chi connectivity index (χ2v) is 4.96. The molecule has 0 atom stereocenters. The van der Waals surface area contributed by atoms with E-state index in [-0.39, 0.29) is 0 Å². The van der Waals surface area contributed by atoms with Crippen LogP contribution in [-0.4, -0.2) is 11.5 Å². The van der Waals surface area contributed by atoms with Crippen LogP contribution in [0.2, 0.25) is 0 Å². The molecule has 1 heterocycles. The molecule has 0 saturated heterocycles. The fraction of sp³-hybridized carbons (Fsp3) is 0.308. The number of rotatable bonds is 3. The number of hydrogen-bond donors (Lipinski definition) is 1. The summed E-state index contributed by atoms with van der Waals surface area (Å²) < 4.78 is 0. The number of thiazole rings is 1. The lowest BCUT2D eigenvalue weighted by molar-refractivity contribution is 0.945. The van der Waals surface area contributed by atoms with Gasteiger partial charge in [-0.3, -0.25) is 0 Å². The quantitative estimate of drug-likeness (QED) is 0.883. The van der Waals surface area contributed by atoms with E-state index in [1.807, 2.05) is 0 Å². The summed E-state index contributed by atoms with van der Waals surface area (Å²) >= 11 is 1.76. The molecule has 0 bridgehead atoms. The number of aromatic nitrogens is 1. The molecule has 0 aliphatic carbocycles. The summed E-state index contributed by atoms with van der Waals surface area (Å²) in [5.74, 6) is 0. The Morgan fingerprint density at radius 1 is 1.25 bits per heavy atom. The van der Waals surface area contributed by atoms with Gasteiger partial charge in [0.2, 0.25) is 0 Å². The van der Waals surface area contributed by atoms with Crippen LogP contribution in [0.1, 0.15) is 16.3 Å². The zero-order chi connectivity index (χ0) is 11.5. The Morgan fingerprint density at radius 2 is 2.00 bits per heavy atom. The number of benzene rings is 1. The highest BCUT2D eigenvalue weighted by Gasteiger charge is 2.10. The van der Waals surface area contributed by atoms with Crippen molar-refractivity contribution >= 4 is 11.3 Å². The van der Waals surface area contributed by atoms with E-state index in [2.05, 4.69) is 43.1 Å². The van der Waals surface area contributed by atoms with Crippen LogP contribution in [0, 0.1) is 13.8 Å². The fourth-order valence-electron chi connectivity index (χ4n) is 1.76. The first-order chi connectivity index (χ1) is 7.72. The average molecular weight is 232 g/mol. The molecule has 0 saturated carbocycles. The average Bonchev–Trinajstić information content (AvgIpc) is 2.61. The van der Waals surface area contributed by atoms with E-state index in [0.717, 1.165) is 17.1 Å². The lowest BCUT2D eigenvalue weighted by Crippen LogP contribution is -2.01. The molecule has 2 N–H and O–H groups in total. The lowest BCUT2D eigenvalue weighted by Gasteiger charge is -2.02. The van der Waals surface area contributed by atoms with Crippen molar-refractivity contribution < 1.29 is 0 Å². The summed E-state index contributed by atoms with van der Waals surface area (Å²) in [5.41, 5.74) is 9.26. The summed E-state index contributed by atoms with van der Waals surface area (Å²) in [5, 5.41) is 1.14. The summed E-state index contributed by atoms with van der Waals surface area (Å²) in [6.45, 7) is 4.87. The topological polar surface area (TPSA) is 38.9 Å². The molecular weight excluding hydrogens is 216 g/mol. The molecule has 2 rings (SSSR count). The van der Waals surface area contributed by atoms with Crippen molar-refractivity contribution in [3.05, 3.63) is 40.5 Å². The Kier molecular flexibility index (Phi) is 3.36. The minimum absolute atomic E-state index is 0.667. The molecule has 2 nitrogen and oxygen atoms in total. The third-order valence-electron chi connectivity index (χ3n) is 2.59. The van der Waals surface area contributed by atoms with Crippen molar-refractivity contribution in [3.63, 3.8) is 0 Å². The van der Waals surface area contributed by atoms with E-state index < -0.39 is 0 Å². The van der Waals surface area contributed by atoms with Crippen LogP contribution >= 0.6 is 11.3 Å². The van der Waals surface area contributed by atoms with Gasteiger partial charge in [-0.15, -0.1) is 11.3 Å². The zero-order valence-electron chi connectivity index (χ0n) is 9.66. The standard InChI is InChI=1S/C13H16N2S/c1-9-5-3-4-6-11(9)13-10(2)15-12(16-13)7-8-14/h3-6H,7-8,14H2,1-2H3. The number of hydrogen-bond acceptors (Lipinski definition) is 3. The van der Waals surface area contributed by atoms with Gasteiger partial charge in [0.05, 0.1) is 15.6 Å². The van der Waals surface area contributed by atoms with E-state index in [0.29, 0.717) is 6.54 Å². The molecule has 2 aromatic rings. The van der Waals surface area contributed by atoms with Gasteiger partial charge in [-0.05, 0) is 31.5 Å². The molecule has 0 radical (unpaired) electrons. The summed E-state index contributed by atoms with van der Waals surface area (Å²) in [7, 11) is 0. The molecule has 1 aromatic carbocycles. The van der Waals surface area contributed by atoms with Crippen molar-refractivity contribution in [2.45, 2.75) is 20.3 Å². The van der Waals surface area contributed by atoms with Crippen molar-refractivity contribution in [2.24, 2.45) is 5.73 Å². The van der Waals surface area contributed by atoms with E-state index in [4.69, 9.17) is 5.73 Å². The van der Waals surface area contributed by atoms with Gasteiger partial charge in [-0.1, -0.05) is 24.3 Å². The third kappa shape index (κ3) is 2.15. The van der Waals surface area contributed by atoms with Crippen LogP contribution in [0.15, 0.2) is 24.3 Å². The summed E-state index contributed by atoms with van der Waals surface area (Å²) in [6, 6.07) is 8.43. The van der Waals surface area contributed by atoms with Crippen LogP contribution in [0.4, 0.5) is 0 Å². The maximum Gasteiger partial charge on any atom is 0.0947 e. The Labute approximate surface area is 100 Å². The molecule has 0 amide bonds. The fourth-order valence-corrected chi connectivity index (χ4v) is 2.93. The molecule has 0 spiro atoms. The minimum Gasteiger partial charge on any atom is -0.330 e. The van der Waals surface area contributed by atoms with Crippen LogP contribution in [0.25, 0.3) is 10.4 Å². The Hall–Kier alpha value is -1.19. The highest BCUT2D eigenvalue weighted by atomic mass is 32.1. The first kappa shape index (κ1) is 11.3. The number of nitrogens with two attached hydrogens (primary N) is 1.